The van der Waals surface area contributed by atoms with E-state index in [1.165, 1.54) is 19.3 Å². The average molecular weight is 332 g/mol. The summed E-state index contributed by atoms with van der Waals surface area (Å²) in [6.07, 6.45) is 2.57. The smallest absolute Gasteiger partial charge is 0.378 e. The van der Waals surface area contributed by atoms with Gasteiger partial charge in [-0.2, -0.15) is 0 Å². The Balaban J connectivity index is 2.28. The van der Waals surface area contributed by atoms with Gasteiger partial charge < -0.3 is 24.8 Å². The third-order valence-corrected chi connectivity index (χ3v) is 3.93. The fourth-order valence-electron chi connectivity index (χ4n) is 2.52. The van der Waals surface area contributed by atoms with E-state index >= 15 is 0 Å². The van der Waals surface area contributed by atoms with E-state index < -0.39 is 42.8 Å². The Kier molecular flexibility index (Phi) is 9.31. The van der Waals surface area contributed by atoms with E-state index in [-0.39, 0.29) is 6.61 Å². The maximum atomic E-state index is 11.6. The third-order valence-electron chi connectivity index (χ3n) is 3.93. The zero-order valence-corrected chi connectivity index (χ0v) is 13.6. The summed E-state index contributed by atoms with van der Waals surface area (Å²) < 4.78 is 9.96. The van der Waals surface area contributed by atoms with Crippen molar-refractivity contribution >= 4 is 11.8 Å². The topological polar surface area (TPSA) is 113 Å². The number of unbranched alkanes of at least 4 members (excludes halogenated alkanes) is 5. The van der Waals surface area contributed by atoms with Gasteiger partial charge in [0.05, 0.1) is 19.3 Å². The van der Waals surface area contributed by atoms with Crippen LogP contribution in [0.5, 0.6) is 0 Å². The Bertz CT molecular complexity index is 371. The molecule has 134 valence electrons. The van der Waals surface area contributed by atoms with Gasteiger partial charge >= 0.3 is 5.97 Å². The van der Waals surface area contributed by atoms with Crippen LogP contribution in [0.25, 0.3) is 0 Å². The Labute approximate surface area is 136 Å². The SMILES string of the molecule is CCCCCCCCC(O)COC1C(=O)C(=O)O[C@@H]1[C@@H](O)CO. The first-order chi connectivity index (χ1) is 11.0. The van der Waals surface area contributed by atoms with E-state index in [0.29, 0.717) is 6.42 Å². The van der Waals surface area contributed by atoms with Gasteiger partial charge in [-0.15, -0.1) is 0 Å². The van der Waals surface area contributed by atoms with Crippen LogP contribution in [0.3, 0.4) is 0 Å². The number of esters is 1. The van der Waals surface area contributed by atoms with Crippen molar-refractivity contribution in [2.24, 2.45) is 0 Å². The quantitative estimate of drug-likeness (QED) is 0.268. The molecule has 1 fully saturated rings. The molecule has 0 aliphatic carbocycles. The molecule has 1 rings (SSSR count). The molecule has 0 aromatic carbocycles. The first-order valence-electron chi connectivity index (χ1n) is 8.34. The molecule has 3 N–H and O–H groups in total. The second-order valence-electron chi connectivity index (χ2n) is 5.95. The zero-order chi connectivity index (χ0) is 17.2. The molecular formula is C16H28O7. The van der Waals surface area contributed by atoms with Gasteiger partial charge in [0.15, 0.2) is 12.2 Å². The van der Waals surface area contributed by atoms with E-state index in [1.54, 1.807) is 0 Å². The summed E-state index contributed by atoms with van der Waals surface area (Å²) in [5.74, 6) is -1.98. The number of ether oxygens (including phenoxy) is 2. The average Bonchev–Trinajstić information content (AvgIpc) is 2.83. The van der Waals surface area contributed by atoms with Crippen LogP contribution in [-0.4, -0.2) is 64.7 Å². The van der Waals surface area contributed by atoms with E-state index in [2.05, 4.69) is 6.92 Å². The zero-order valence-electron chi connectivity index (χ0n) is 13.6. The number of Topliss-reactive ketones (excluding diaryl/α,β-unsaturated/α-hetero) is 1. The van der Waals surface area contributed by atoms with E-state index in [0.717, 1.165) is 19.3 Å². The van der Waals surface area contributed by atoms with Crippen LogP contribution in [0.4, 0.5) is 0 Å². The van der Waals surface area contributed by atoms with Crippen molar-refractivity contribution in [1.82, 2.24) is 0 Å². The van der Waals surface area contributed by atoms with Gasteiger partial charge in [-0.25, -0.2) is 4.79 Å². The Morgan fingerprint density at radius 1 is 1.13 bits per heavy atom. The summed E-state index contributed by atoms with van der Waals surface area (Å²) in [4.78, 5) is 22.9. The van der Waals surface area contributed by atoms with E-state index in [1.807, 2.05) is 0 Å². The molecular weight excluding hydrogens is 304 g/mol. The predicted octanol–water partition coefficient (Wildman–Crippen LogP) is 0.331. The van der Waals surface area contributed by atoms with Crippen molar-refractivity contribution in [3.05, 3.63) is 0 Å². The van der Waals surface area contributed by atoms with Crippen molar-refractivity contribution in [2.75, 3.05) is 13.2 Å². The number of ketones is 1. The second-order valence-corrected chi connectivity index (χ2v) is 5.95. The van der Waals surface area contributed by atoms with Crippen molar-refractivity contribution in [3.63, 3.8) is 0 Å². The number of rotatable bonds is 12. The molecule has 1 aliphatic rings. The number of carbonyl (C=O) groups is 2. The maximum Gasteiger partial charge on any atom is 0.378 e. The summed E-state index contributed by atoms with van der Waals surface area (Å²) in [5.41, 5.74) is 0. The van der Waals surface area contributed by atoms with Crippen LogP contribution in [0.15, 0.2) is 0 Å². The summed E-state index contributed by atoms with van der Waals surface area (Å²) in [7, 11) is 0. The Morgan fingerprint density at radius 3 is 2.43 bits per heavy atom. The largest absolute Gasteiger partial charge is 0.450 e. The van der Waals surface area contributed by atoms with Crippen LogP contribution >= 0.6 is 0 Å². The molecule has 0 aromatic rings. The molecule has 1 saturated heterocycles. The van der Waals surface area contributed by atoms with Crippen molar-refractivity contribution < 1.29 is 34.4 Å². The standard InChI is InChI=1S/C16H28O7/c1-2-3-4-5-6-7-8-11(18)10-22-15-13(20)16(21)23-14(15)12(19)9-17/h11-12,14-15,17-19H,2-10H2,1H3/t11?,12-,14+,15?/m0/s1. The van der Waals surface area contributed by atoms with Gasteiger partial charge in [0.1, 0.15) is 6.10 Å². The highest BCUT2D eigenvalue weighted by molar-refractivity contribution is 6.37. The number of hydrogen-bond donors (Lipinski definition) is 3. The molecule has 0 aromatic heterocycles. The highest BCUT2D eigenvalue weighted by Crippen LogP contribution is 2.19. The van der Waals surface area contributed by atoms with Crippen LogP contribution in [0.2, 0.25) is 0 Å². The summed E-state index contributed by atoms with van der Waals surface area (Å²) in [5, 5.41) is 28.3. The highest BCUT2D eigenvalue weighted by Gasteiger charge is 2.48. The van der Waals surface area contributed by atoms with Crippen LogP contribution in [-0.2, 0) is 19.1 Å². The van der Waals surface area contributed by atoms with Crippen molar-refractivity contribution in [3.8, 4) is 0 Å². The lowest BCUT2D eigenvalue weighted by Gasteiger charge is -2.21. The molecule has 23 heavy (non-hydrogen) atoms. The minimum absolute atomic E-state index is 0.114. The molecule has 0 radical (unpaired) electrons. The number of aliphatic hydroxyl groups excluding tert-OH is 3. The fraction of sp³-hybridized carbons (Fsp3) is 0.875. The van der Waals surface area contributed by atoms with Crippen LogP contribution in [0.1, 0.15) is 51.9 Å². The predicted molar refractivity (Wildman–Crippen MR) is 81.7 cm³/mol. The van der Waals surface area contributed by atoms with E-state index in [4.69, 9.17) is 14.6 Å². The fourth-order valence-corrected chi connectivity index (χ4v) is 2.52. The first-order valence-corrected chi connectivity index (χ1v) is 8.34. The van der Waals surface area contributed by atoms with Gasteiger partial charge in [-0.05, 0) is 6.42 Å². The first kappa shape index (κ1) is 20.0. The highest BCUT2D eigenvalue weighted by atomic mass is 16.6. The molecule has 4 atom stereocenters. The molecule has 0 bridgehead atoms. The minimum atomic E-state index is -1.38. The molecule has 0 spiro atoms. The lowest BCUT2D eigenvalue weighted by molar-refractivity contribution is -0.152. The van der Waals surface area contributed by atoms with Crippen LogP contribution in [0, 0.1) is 0 Å². The Morgan fingerprint density at radius 2 is 1.78 bits per heavy atom. The lowest BCUT2D eigenvalue weighted by atomic mass is 10.1. The number of aliphatic hydroxyl groups is 3. The molecule has 7 heteroatoms. The van der Waals surface area contributed by atoms with E-state index in [9.17, 15) is 19.8 Å². The van der Waals surface area contributed by atoms with Gasteiger partial charge in [0.25, 0.3) is 5.78 Å². The number of hydrogen-bond acceptors (Lipinski definition) is 7. The normalized spacial score (nSPS) is 23.8. The minimum Gasteiger partial charge on any atom is -0.450 e. The molecule has 7 nitrogen and oxygen atoms in total. The summed E-state index contributed by atoms with van der Waals surface area (Å²) in [6, 6.07) is 0. The molecule has 1 aliphatic heterocycles. The maximum absolute atomic E-state index is 11.6. The Hall–Kier alpha value is -1.02. The summed E-state index contributed by atoms with van der Waals surface area (Å²) in [6.45, 7) is 1.39. The monoisotopic (exact) mass is 332 g/mol. The van der Waals surface area contributed by atoms with Gasteiger partial charge in [-0.3, -0.25) is 4.79 Å². The van der Waals surface area contributed by atoms with Crippen LogP contribution < -0.4 is 0 Å². The van der Waals surface area contributed by atoms with Crippen molar-refractivity contribution in [1.29, 1.82) is 0 Å². The number of cyclic esters (lactones) is 1. The third kappa shape index (κ3) is 6.55. The molecule has 0 saturated carbocycles. The van der Waals surface area contributed by atoms with Crippen molar-refractivity contribution in [2.45, 2.75) is 76.3 Å². The van der Waals surface area contributed by atoms with Gasteiger partial charge in [0.2, 0.25) is 0 Å². The van der Waals surface area contributed by atoms with Gasteiger partial charge in [-0.1, -0.05) is 45.4 Å². The molecule has 0 amide bonds. The second kappa shape index (κ2) is 10.7. The summed E-state index contributed by atoms with van der Waals surface area (Å²) >= 11 is 0. The molecule has 2 unspecified atom stereocenters. The molecule has 1 heterocycles. The van der Waals surface area contributed by atoms with Gasteiger partial charge in [0, 0.05) is 0 Å². The lowest BCUT2D eigenvalue weighted by Crippen LogP contribution is -2.42. The number of carbonyl (C=O) groups excluding carboxylic acids is 2.